The quantitative estimate of drug-likeness (QED) is 0.0642. The van der Waals surface area contributed by atoms with E-state index in [0.29, 0.717) is 6.42 Å². The molecule has 0 aromatic heterocycles. The Hall–Kier alpha value is -3.95. The van der Waals surface area contributed by atoms with Gasteiger partial charge < -0.3 is 48.7 Å². The summed E-state index contributed by atoms with van der Waals surface area (Å²) in [5, 5.41) is 23.2. The van der Waals surface area contributed by atoms with E-state index in [2.05, 4.69) is 15.6 Å². The number of carboxylic acid groups (broad SMARTS) is 2. The first-order valence-corrected chi connectivity index (χ1v) is 10.8. The van der Waals surface area contributed by atoms with E-state index in [1.807, 2.05) is 0 Å². The van der Waals surface area contributed by atoms with Gasteiger partial charge in [0, 0.05) is 13.1 Å². The molecule has 0 aliphatic carbocycles. The minimum atomic E-state index is -1.59. The van der Waals surface area contributed by atoms with Gasteiger partial charge in [0.2, 0.25) is 23.6 Å². The molecule has 1 aliphatic heterocycles. The van der Waals surface area contributed by atoms with Gasteiger partial charge in [-0.2, -0.15) is 0 Å². The number of carbonyl (C=O) groups is 6. The van der Waals surface area contributed by atoms with Gasteiger partial charge >= 0.3 is 11.9 Å². The Morgan fingerprint density at radius 3 is 2.14 bits per heavy atom. The van der Waals surface area contributed by atoms with E-state index in [-0.39, 0.29) is 38.3 Å². The van der Waals surface area contributed by atoms with Crippen LogP contribution in [0.25, 0.3) is 0 Å². The van der Waals surface area contributed by atoms with Crippen LogP contribution in [0.2, 0.25) is 0 Å². The molecule has 1 rings (SSSR count). The predicted octanol–water partition coefficient (Wildman–Crippen LogP) is -4.24. The summed E-state index contributed by atoms with van der Waals surface area (Å²) in [6, 6.07) is -5.37. The van der Waals surface area contributed by atoms with Gasteiger partial charge in [-0.1, -0.05) is 0 Å². The van der Waals surface area contributed by atoms with Crippen molar-refractivity contribution in [3.05, 3.63) is 0 Å². The molecule has 0 aromatic rings. The van der Waals surface area contributed by atoms with Crippen LogP contribution in [0.5, 0.6) is 0 Å². The molecular formula is C19H32N8O8. The normalized spacial score (nSPS) is 17.5. The molecule has 0 bridgehead atoms. The van der Waals surface area contributed by atoms with Crippen LogP contribution in [0, 0.1) is 0 Å². The molecule has 4 atom stereocenters. The second-order valence-corrected chi connectivity index (χ2v) is 7.97. The third-order valence-electron chi connectivity index (χ3n) is 5.15. The average Bonchev–Trinajstić information content (AvgIpc) is 3.23. The summed E-state index contributed by atoms with van der Waals surface area (Å²) in [5.74, 6) is -6.36. The molecule has 1 fully saturated rings. The van der Waals surface area contributed by atoms with Gasteiger partial charge in [0.15, 0.2) is 5.96 Å². The van der Waals surface area contributed by atoms with Gasteiger partial charge in [-0.3, -0.25) is 29.0 Å². The lowest BCUT2D eigenvalue weighted by molar-refractivity contribution is -0.150. The van der Waals surface area contributed by atoms with Crippen LogP contribution in [-0.4, -0.2) is 93.9 Å². The van der Waals surface area contributed by atoms with E-state index >= 15 is 0 Å². The predicted molar refractivity (Wildman–Crippen MR) is 120 cm³/mol. The standard InChI is InChI=1S/C19H32N8O8/c20-9(7-13(21)28)15(31)25-10(3-1-5-24-19(22)23)16(32)26-11(8-14(29)30)17(33)27-6-2-4-12(27)18(34)35/h9-12H,1-8,20H2,(H2,21,28)(H,25,31)(H,26,32)(H,29,30)(H,34,35)(H4,22,23,24). The second-order valence-electron chi connectivity index (χ2n) is 7.97. The van der Waals surface area contributed by atoms with Gasteiger partial charge in [-0.25, -0.2) is 4.79 Å². The van der Waals surface area contributed by atoms with E-state index in [1.165, 1.54) is 0 Å². The highest BCUT2D eigenvalue weighted by Gasteiger charge is 2.39. The van der Waals surface area contributed by atoms with E-state index < -0.39 is 72.6 Å². The van der Waals surface area contributed by atoms with Crippen molar-refractivity contribution in [1.82, 2.24) is 15.5 Å². The van der Waals surface area contributed by atoms with Crippen LogP contribution in [0.3, 0.4) is 0 Å². The SMILES string of the molecule is NC(=O)CC(N)C(=O)NC(CCCN=C(N)N)C(=O)NC(CC(=O)O)C(=O)N1CCCC1C(=O)O. The van der Waals surface area contributed by atoms with Gasteiger partial charge in [-0.15, -0.1) is 0 Å². The molecule has 1 heterocycles. The van der Waals surface area contributed by atoms with Crippen LogP contribution >= 0.6 is 0 Å². The van der Waals surface area contributed by atoms with E-state index in [1.54, 1.807) is 0 Å². The Kier molecular flexibility index (Phi) is 11.4. The van der Waals surface area contributed by atoms with E-state index in [0.717, 1.165) is 4.90 Å². The van der Waals surface area contributed by atoms with Gasteiger partial charge in [-0.05, 0) is 25.7 Å². The number of amides is 4. The summed E-state index contributed by atoms with van der Waals surface area (Å²) in [4.78, 5) is 76.8. The number of nitrogens with one attached hydrogen (secondary N) is 2. The highest BCUT2D eigenvalue weighted by Crippen LogP contribution is 2.19. The van der Waals surface area contributed by atoms with Crippen molar-refractivity contribution in [2.45, 2.75) is 62.7 Å². The smallest absolute Gasteiger partial charge is 0.326 e. The molecule has 16 heteroatoms. The summed E-state index contributed by atoms with van der Waals surface area (Å²) in [5.41, 5.74) is 21.1. The molecular weight excluding hydrogens is 468 g/mol. The average molecular weight is 501 g/mol. The molecule has 1 saturated heterocycles. The number of aliphatic carboxylic acids is 2. The number of hydrogen-bond acceptors (Lipinski definition) is 8. The first-order valence-electron chi connectivity index (χ1n) is 10.8. The van der Waals surface area contributed by atoms with Crippen LogP contribution in [0.15, 0.2) is 4.99 Å². The Bertz CT molecular complexity index is 860. The summed E-state index contributed by atoms with van der Waals surface area (Å²) >= 11 is 0. The van der Waals surface area contributed by atoms with Gasteiger partial charge in [0.1, 0.15) is 18.1 Å². The summed E-state index contributed by atoms with van der Waals surface area (Å²) < 4.78 is 0. The first kappa shape index (κ1) is 29.1. The Morgan fingerprint density at radius 2 is 1.60 bits per heavy atom. The third kappa shape index (κ3) is 9.83. The molecule has 16 nitrogen and oxygen atoms in total. The minimum absolute atomic E-state index is 0.0346. The van der Waals surface area contributed by atoms with Gasteiger partial charge in [0.05, 0.1) is 18.9 Å². The second kappa shape index (κ2) is 13.7. The lowest BCUT2D eigenvalue weighted by Gasteiger charge is -2.28. The fourth-order valence-corrected chi connectivity index (χ4v) is 3.49. The number of nitrogens with two attached hydrogens (primary N) is 4. The minimum Gasteiger partial charge on any atom is -0.481 e. The first-order chi connectivity index (χ1) is 16.3. The molecule has 0 aromatic carbocycles. The van der Waals surface area contributed by atoms with Crippen LogP contribution in [-0.2, 0) is 28.8 Å². The molecule has 4 amide bonds. The van der Waals surface area contributed by atoms with Crippen molar-refractivity contribution in [3.63, 3.8) is 0 Å². The molecule has 196 valence electrons. The number of primary amides is 1. The maximum absolute atomic E-state index is 13.0. The van der Waals surface area contributed by atoms with Crippen molar-refractivity contribution in [3.8, 4) is 0 Å². The maximum atomic E-state index is 13.0. The Balaban J connectivity index is 3.04. The molecule has 0 spiro atoms. The monoisotopic (exact) mass is 500 g/mol. The number of carbonyl (C=O) groups excluding carboxylic acids is 4. The van der Waals surface area contributed by atoms with Crippen LogP contribution in [0.1, 0.15) is 38.5 Å². The summed E-state index contributed by atoms with van der Waals surface area (Å²) in [6.45, 7) is 0.184. The zero-order valence-corrected chi connectivity index (χ0v) is 19.0. The number of guanidine groups is 1. The lowest BCUT2D eigenvalue weighted by atomic mass is 10.1. The Morgan fingerprint density at radius 1 is 0.971 bits per heavy atom. The molecule has 0 saturated carbocycles. The lowest BCUT2D eigenvalue weighted by Crippen LogP contribution is -2.57. The number of hydrogen-bond donors (Lipinski definition) is 8. The fourth-order valence-electron chi connectivity index (χ4n) is 3.49. The highest BCUT2D eigenvalue weighted by atomic mass is 16.4. The molecule has 1 aliphatic rings. The zero-order valence-electron chi connectivity index (χ0n) is 19.0. The number of nitrogens with zero attached hydrogens (tertiary/aromatic N) is 2. The topological polar surface area (TPSA) is 287 Å². The van der Waals surface area contributed by atoms with Crippen LogP contribution in [0.4, 0.5) is 0 Å². The van der Waals surface area contributed by atoms with Crippen molar-refractivity contribution < 1.29 is 39.0 Å². The van der Waals surface area contributed by atoms with E-state index in [4.69, 9.17) is 22.9 Å². The van der Waals surface area contributed by atoms with Crippen molar-refractivity contribution in [2.75, 3.05) is 13.1 Å². The van der Waals surface area contributed by atoms with E-state index in [9.17, 15) is 39.0 Å². The Labute approximate surface area is 200 Å². The number of likely N-dealkylation sites (tertiary alicyclic amines) is 1. The van der Waals surface area contributed by atoms with Crippen molar-refractivity contribution >= 4 is 41.5 Å². The van der Waals surface area contributed by atoms with Crippen molar-refractivity contribution in [2.24, 2.45) is 27.9 Å². The largest absolute Gasteiger partial charge is 0.481 e. The number of aliphatic imine (C=N–C) groups is 1. The third-order valence-corrected chi connectivity index (χ3v) is 5.15. The highest BCUT2D eigenvalue weighted by molar-refractivity contribution is 5.96. The number of rotatable bonds is 14. The molecule has 4 unspecified atom stereocenters. The summed E-state index contributed by atoms with van der Waals surface area (Å²) in [6.07, 6.45) is -0.546. The maximum Gasteiger partial charge on any atom is 0.326 e. The fraction of sp³-hybridized carbons (Fsp3) is 0.632. The van der Waals surface area contributed by atoms with Gasteiger partial charge in [0.25, 0.3) is 0 Å². The number of carboxylic acids is 2. The summed E-state index contributed by atoms with van der Waals surface area (Å²) in [7, 11) is 0. The van der Waals surface area contributed by atoms with Crippen LogP contribution < -0.4 is 33.6 Å². The van der Waals surface area contributed by atoms with Crippen molar-refractivity contribution in [1.29, 1.82) is 0 Å². The molecule has 35 heavy (non-hydrogen) atoms. The molecule has 12 N–H and O–H groups in total. The molecule has 0 radical (unpaired) electrons. The zero-order chi connectivity index (χ0) is 26.7.